The summed E-state index contributed by atoms with van der Waals surface area (Å²) < 4.78 is 10.5. The molecule has 16 heavy (non-hydrogen) atoms. The van der Waals surface area contributed by atoms with Crippen LogP contribution in [-0.4, -0.2) is 13.6 Å². The second-order valence-corrected chi connectivity index (χ2v) is 4.51. The molecular weight excluding hydrogens is 204 g/mol. The molecule has 2 bridgehead atoms. The summed E-state index contributed by atoms with van der Waals surface area (Å²) in [4.78, 5) is 10.5. The predicted molar refractivity (Wildman–Crippen MR) is 59.0 cm³/mol. The van der Waals surface area contributed by atoms with E-state index in [1.54, 1.807) is 7.11 Å². The molecule has 2 unspecified atom stereocenters. The molecule has 84 valence electrons. The van der Waals surface area contributed by atoms with Crippen molar-refractivity contribution in [2.45, 2.75) is 31.1 Å². The van der Waals surface area contributed by atoms with Crippen LogP contribution in [0.5, 0.6) is 11.5 Å². The second kappa shape index (κ2) is 3.51. The SMILES string of the molecule is COc1ccc(OC=O)c2c1C1CCC2C1. The van der Waals surface area contributed by atoms with Gasteiger partial charge in [-0.2, -0.15) is 0 Å². The average Bonchev–Trinajstić information content (AvgIpc) is 2.91. The first-order chi connectivity index (χ1) is 7.85. The summed E-state index contributed by atoms with van der Waals surface area (Å²) >= 11 is 0. The Hall–Kier alpha value is -1.51. The Morgan fingerprint density at radius 2 is 1.81 bits per heavy atom. The van der Waals surface area contributed by atoms with E-state index >= 15 is 0 Å². The quantitative estimate of drug-likeness (QED) is 0.731. The Morgan fingerprint density at radius 3 is 2.44 bits per heavy atom. The van der Waals surface area contributed by atoms with Crippen molar-refractivity contribution in [2.24, 2.45) is 0 Å². The zero-order valence-electron chi connectivity index (χ0n) is 9.23. The van der Waals surface area contributed by atoms with Crippen LogP contribution in [0.4, 0.5) is 0 Å². The zero-order chi connectivity index (χ0) is 11.1. The van der Waals surface area contributed by atoms with E-state index < -0.39 is 0 Å². The largest absolute Gasteiger partial charge is 0.496 e. The summed E-state index contributed by atoms with van der Waals surface area (Å²) in [7, 11) is 1.70. The number of hydrogen-bond acceptors (Lipinski definition) is 3. The van der Waals surface area contributed by atoms with E-state index in [0.29, 0.717) is 18.3 Å². The summed E-state index contributed by atoms with van der Waals surface area (Å²) in [6.45, 7) is 0.508. The van der Waals surface area contributed by atoms with Crippen molar-refractivity contribution >= 4 is 6.47 Å². The van der Waals surface area contributed by atoms with Crippen molar-refractivity contribution in [1.82, 2.24) is 0 Å². The van der Waals surface area contributed by atoms with Gasteiger partial charge < -0.3 is 9.47 Å². The van der Waals surface area contributed by atoms with Crippen molar-refractivity contribution < 1.29 is 14.3 Å². The average molecular weight is 218 g/mol. The highest BCUT2D eigenvalue weighted by Gasteiger charge is 2.41. The molecule has 0 aromatic heterocycles. The highest BCUT2D eigenvalue weighted by molar-refractivity contribution is 5.59. The van der Waals surface area contributed by atoms with Gasteiger partial charge in [-0.3, -0.25) is 4.79 Å². The second-order valence-electron chi connectivity index (χ2n) is 4.51. The van der Waals surface area contributed by atoms with Gasteiger partial charge in [0.25, 0.3) is 6.47 Å². The topological polar surface area (TPSA) is 35.5 Å². The fourth-order valence-electron chi connectivity index (χ4n) is 3.28. The van der Waals surface area contributed by atoms with Crippen LogP contribution in [0.1, 0.15) is 42.2 Å². The first-order valence-corrected chi connectivity index (χ1v) is 5.66. The van der Waals surface area contributed by atoms with Crippen molar-refractivity contribution in [3.63, 3.8) is 0 Å². The molecule has 3 heteroatoms. The van der Waals surface area contributed by atoms with Gasteiger partial charge >= 0.3 is 0 Å². The van der Waals surface area contributed by atoms with Gasteiger partial charge in [-0.05, 0) is 43.2 Å². The van der Waals surface area contributed by atoms with Crippen LogP contribution in [-0.2, 0) is 4.79 Å². The standard InChI is InChI=1S/C13H14O3/c1-15-10-4-5-11(16-7-14)13-9-3-2-8(6-9)12(10)13/h4-5,7-9H,2-3,6H2,1H3. The van der Waals surface area contributed by atoms with Crippen LogP contribution in [0.2, 0.25) is 0 Å². The fourth-order valence-corrected chi connectivity index (χ4v) is 3.28. The molecule has 2 atom stereocenters. The van der Waals surface area contributed by atoms with E-state index in [4.69, 9.17) is 9.47 Å². The van der Waals surface area contributed by atoms with Gasteiger partial charge in [0.05, 0.1) is 7.11 Å². The van der Waals surface area contributed by atoms with Crippen LogP contribution >= 0.6 is 0 Å². The molecule has 3 nitrogen and oxygen atoms in total. The molecule has 2 aliphatic rings. The van der Waals surface area contributed by atoms with Crippen LogP contribution in [0.3, 0.4) is 0 Å². The molecule has 0 heterocycles. The monoisotopic (exact) mass is 218 g/mol. The lowest BCUT2D eigenvalue weighted by atomic mass is 9.90. The smallest absolute Gasteiger partial charge is 0.298 e. The number of methoxy groups -OCH3 is 1. The molecule has 1 aromatic carbocycles. The molecule has 0 spiro atoms. The Bertz CT molecular complexity index is 439. The Balaban J connectivity index is 2.16. The number of carbonyl (C=O) groups excluding carboxylic acids is 1. The maximum absolute atomic E-state index is 10.5. The van der Waals surface area contributed by atoms with Gasteiger partial charge in [-0.25, -0.2) is 0 Å². The first kappa shape index (κ1) is 9.70. The summed E-state index contributed by atoms with van der Waals surface area (Å²) in [6, 6.07) is 3.74. The Kier molecular flexibility index (Phi) is 2.13. The maximum atomic E-state index is 10.5. The van der Waals surface area contributed by atoms with Crippen LogP contribution in [0, 0.1) is 0 Å². The van der Waals surface area contributed by atoms with E-state index in [9.17, 15) is 4.79 Å². The van der Waals surface area contributed by atoms with E-state index in [0.717, 1.165) is 11.5 Å². The number of ether oxygens (including phenoxy) is 2. The van der Waals surface area contributed by atoms with E-state index in [1.165, 1.54) is 30.4 Å². The summed E-state index contributed by atoms with van der Waals surface area (Å²) in [5.41, 5.74) is 2.49. The van der Waals surface area contributed by atoms with Gasteiger partial charge in [0, 0.05) is 11.1 Å². The summed E-state index contributed by atoms with van der Waals surface area (Å²) in [5.74, 6) is 2.83. The van der Waals surface area contributed by atoms with Crippen molar-refractivity contribution in [3.8, 4) is 11.5 Å². The molecule has 1 saturated carbocycles. The normalized spacial score (nSPS) is 25.3. The molecule has 0 aliphatic heterocycles. The van der Waals surface area contributed by atoms with Gasteiger partial charge in [-0.15, -0.1) is 0 Å². The lowest BCUT2D eigenvalue weighted by Crippen LogP contribution is -2.04. The minimum Gasteiger partial charge on any atom is -0.496 e. The van der Waals surface area contributed by atoms with Crippen LogP contribution in [0.25, 0.3) is 0 Å². The third-order valence-corrected chi connectivity index (χ3v) is 3.85. The first-order valence-electron chi connectivity index (χ1n) is 5.66. The molecule has 0 N–H and O–H groups in total. The van der Waals surface area contributed by atoms with Gasteiger partial charge in [-0.1, -0.05) is 0 Å². The summed E-state index contributed by atoms with van der Waals surface area (Å²) in [5, 5.41) is 0. The third kappa shape index (κ3) is 1.17. The number of hydrogen-bond donors (Lipinski definition) is 0. The predicted octanol–water partition coefficient (Wildman–Crippen LogP) is 2.60. The number of fused-ring (bicyclic) bond motifs is 5. The summed E-state index contributed by atoms with van der Waals surface area (Å²) in [6.07, 6.45) is 3.63. The molecule has 0 amide bonds. The molecular formula is C13H14O3. The fraction of sp³-hybridized carbons (Fsp3) is 0.462. The van der Waals surface area contributed by atoms with Crippen molar-refractivity contribution in [3.05, 3.63) is 23.3 Å². The maximum Gasteiger partial charge on any atom is 0.298 e. The zero-order valence-corrected chi connectivity index (χ0v) is 9.23. The Labute approximate surface area is 94.4 Å². The minimum atomic E-state index is 0.508. The minimum absolute atomic E-state index is 0.508. The van der Waals surface area contributed by atoms with E-state index in [1.807, 2.05) is 12.1 Å². The molecule has 1 aromatic rings. The highest BCUT2D eigenvalue weighted by atomic mass is 16.5. The highest BCUT2D eigenvalue weighted by Crippen LogP contribution is 2.58. The van der Waals surface area contributed by atoms with E-state index in [2.05, 4.69) is 0 Å². The molecule has 0 saturated heterocycles. The molecule has 2 aliphatic carbocycles. The lowest BCUT2D eigenvalue weighted by molar-refractivity contribution is -0.120. The van der Waals surface area contributed by atoms with Crippen LogP contribution in [0.15, 0.2) is 12.1 Å². The lowest BCUT2D eigenvalue weighted by Gasteiger charge is -2.20. The number of rotatable bonds is 3. The van der Waals surface area contributed by atoms with Crippen LogP contribution < -0.4 is 9.47 Å². The van der Waals surface area contributed by atoms with Gasteiger partial charge in [0.15, 0.2) is 0 Å². The number of carbonyl (C=O) groups is 1. The van der Waals surface area contributed by atoms with Crippen molar-refractivity contribution in [1.29, 1.82) is 0 Å². The van der Waals surface area contributed by atoms with E-state index in [-0.39, 0.29) is 0 Å². The van der Waals surface area contributed by atoms with Gasteiger partial charge in [0.1, 0.15) is 11.5 Å². The number of benzene rings is 1. The molecule has 0 radical (unpaired) electrons. The Morgan fingerprint density at radius 1 is 1.19 bits per heavy atom. The van der Waals surface area contributed by atoms with Gasteiger partial charge in [0.2, 0.25) is 0 Å². The van der Waals surface area contributed by atoms with Crippen molar-refractivity contribution in [2.75, 3.05) is 7.11 Å². The molecule has 3 rings (SSSR count). The molecule has 1 fully saturated rings. The third-order valence-electron chi connectivity index (χ3n) is 3.85.